The second-order valence-electron chi connectivity index (χ2n) is 6.12. The van der Waals surface area contributed by atoms with Crippen molar-refractivity contribution < 1.29 is 4.84 Å². The third-order valence-corrected chi connectivity index (χ3v) is 7.39. The van der Waals surface area contributed by atoms with Gasteiger partial charge in [0.2, 0.25) is 0 Å². The third-order valence-electron chi connectivity index (χ3n) is 3.71. The first-order valence-electron chi connectivity index (χ1n) is 8.36. The van der Waals surface area contributed by atoms with Crippen molar-refractivity contribution in [3.8, 4) is 20.5 Å². The van der Waals surface area contributed by atoms with Crippen molar-refractivity contribution >= 4 is 40.1 Å². The van der Waals surface area contributed by atoms with E-state index in [1.54, 1.807) is 28.9 Å². The Morgan fingerprint density at radius 3 is 2.85 bits per heavy atom. The van der Waals surface area contributed by atoms with E-state index in [1.807, 2.05) is 50.9 Å². The zero-order chi connectivity index (χ0) is 18.1. The lowest BCUT2D eigenvalue weighted by molar-refractivity contribution is 0.0856. The molecule has 134 valence electrons. The monoisotopic (exact) mass is 402 g/mol. The molecule has 0 saturated carbocycles. The number of hydrogen-bond donors (Lipinski definition) is 0. The highest BCUT2D eigenvalue weighted by molar-refractivity contribution is 8.01. The number of aromatic nitrogens is 3. The smallest absolute Gasteiger partial charge is 0.137 e. The first kappa shape index (κ1) is 17.6. The maximum Gasteiger partial charge on any atom is 0.137 e. The van der Waals surface area contributed by atoms with Gasteiger partial charge in [0.15, 0.2) is 0 Å². The lowest BCUT2D eigenvalue weighted by Gasteiger charge is -2.12. The van der Waals surface area contributed by atoms with Gasteiger partial charge < -0.3 is 4.84 Å². The highest BCUT2D eigenvalue weighted by atomic mass is 32.2. The average Bonchev–Trinajstić information content (AvgIpc) is 3.24. The highest BCUT2D eigenvalue weighted by Gasteiger charge is 2.25. The molecule has 0 radical (unpaired) electrons. The van der Waals surface area contributed by atoms with Crippen LogP contribution >= 0.6 is 34.4 Å². The lowest BCUT2D eigenvalue weighted by Crippen LogP contribution is -2.11. The van der Waals surface area contributed by atoms with E-state index in [4.69, 9.17) is 14.8 Å². The fourth-order valence-corrected chi connectivity index (χ4v) is 6.02. The van der Waals surface area contributed by atoms with Crippen molar-refractivity contribution in [3.05, 3.63) is 35.9 Å². The molecule has 0 amide bonds. The van der Waals surface area contributed by atoms with Crippen LogP contribution in [0.2, 0.25) is 0 Å². The van der Waals surface area contributed by atoms with Crippen molar-refractivity contribution in [1.82, 2.24) is 15.0 Å². The molecule has 1 aliphatic rings. The van der Waals surface area contributed by atoms with Crippen molar-refractivity contribution in [3.63, 3.8) is 0 Å². The summed E-state index contributed by atoms with van der Waals surface area (Å²) in [6.45, 7) is 6.00. The molecule has 0 spiro atoms. The van der Waals surface area contributed by atoms with E-state index in [0.717, 1.165) is 49.7 Å². The first-order chi connectivity index (χ1) is 12.6. The summed E-state index contributed by atoms with van der Waals surface area (Å²) < 4.78 is 1.22. The van der Waals surface area contributed by atoms with Crippen molar-refractivity contribution in [2.75, 3.05) is 5.75 Å². The van der Waals surface area contributed by atoms with Gasteiger partial charge in [-0.05, 0) is 32.9 Å². The van der Waals surface area contributed by atoms with E-state index in [-0.39, 0.29) is 6.10 Å². The number of thiazole rings is 2. The Morgan fingerprint density at radius 1 is 1.19 bits per heavy atom. The predicted molar refractivity (Wildman–Crippen MR) is 109 cm³/mol. The van der Waals surface area contributed by atoms with E-state index >= 15 is 0 Å². The third kappa shape index (κ3) is 3.54. The number of hydrogen-bond acceptors (Lipinski definition) is 8. The van der Waals surface area contributed by atoms with Crippen LogP contribution in [-0.4, -0.2) is 32.5 Å². The van der Waals surface area contributed by atoms with Crippen LogP contribution in [-0.2, 0) is 4.84 Å². The highest BCUT2D eigenvalue weighted by Crippen LogP contribution is 2.42. The van der Waals surface area contributed by atoms with Crippen LogP contribution in [0.25, 0.3) is 20.5 Å². The number of oxime groups is 1. The molecule has 26 heavy (non-hydrogen) atoms. The van der Waals surface area contributed by atoms with Crippen LogP contribution < -0.4 is 0 Å². The largest absolute Gasteiger partial charge is 0.393 e. The standard InChI is InChI=1S/C18H18N4OS3/c1-10(2)23-22-13-6-8-24-18-14(13)21-17(26-18)15-11(3)20-16(25-15)12-5-4-7-19-9-12/h4-5,7,9-10H,6,8H2,1-3H3/b22-13+. The van der Waals surface area contributed by atoms with Gasteiger partial charge in [0.25, 0.3) is 0 Å². The van der Waals surface area contributed by atoms with E-state index in [9.17, 15) is 0 Å². The summed E-state index contributed by atoms with van der Waals surface area (Å²) >= 11 is 5.23. The fraction of sp³-hybridized carbons (Fsp3) is 0.333. The van der Waals surface area contributed by atoms with Crippen LogP contribution in [0.5, 0.6) is 0 Å². The molecule has 8 heteroatoms. The molecule has 1 aliphatic heterocycles. The summed E-state index contributed by atoms with van der Waals surface area (Å²) in [5, 5.41) is 6.31. The van der Waals surface area contributed by atoms with E-state index in [2.05, 4.69) is 10.1 Å². The molecule has 0 saturated heterocycles. The van der Waals surface area contributed by atoms with Gasteiger partial charge in [-0.1, -0.05) is 5.16 Å². The Bertz CT molecular complexity index is 947. The summed E-state index contributed by atoms with van der Waals surface area (Å²) in [5.41, 5.74) is 3.96. The summed E-state index contributed by atoms with van der Waals surface area (Å²) in [6, 6.07) is 3.97. The molecule has 0 atom stereocenters. The number of aryl methyl sites for hydroxylation is 1. The van der Waals surface area contributed by atoms with Gasteiger partial charge in [-0.15, -0.1) is 34.4 Å². The van der Waals surface area contributed by atoms with E-state index in [0.29, 0.717) is 0 Å². The maximum absolute atomic E-state index is 5.47. The molecule has 0 aliphatic carbocycles. The first-order valence-corrected chi connectivity index (χ1v) is 11.0. The van der Waals surface area contributed by atoms with Crippen LogP contribution in [0.4, 0.5) is 0 Å². The molecule has 0 aromatic carbocycles. The predicted octanol–water partition coefficient (Wildman–Crippen LogP) is 5.26. The van der Waals surface area contributed by atoms with Gasteiger partial charge in [-0.3, -0.25) is 4.98 Å². The van der Waals surface area contributed by atoms with Crippen LogP contribution in [0.15, 0.2) is 33.9 Å². The Balaban J connectivity index is 1.70. The number of nitrogens with zero attached hydrogens (tertiary/aromatic N) is 4. The summed E-state index contributed by atoms with van der Waals surface area (Å²) in [5.74, 6) is 1.01. The lowest BCUT2D eigenvalue weighted by atomic mass is 10.2. The molecule has 0 bridgehead atoms. The Hall–Kier alpha value is -1.77. The van der Waals surface area contributed by atoms with Gasteiger partial charge in [-0.2, -0.15) is 0 Å². The Morgan fingerprint density at radius 2 is 2.08 bits per heavy atom. The molecule has 5 nitrogen and oxygen atoms in total. The molecule has 3 aromatic heterocycles. The van der Waals surface area contributed by atoms with E-state index in [1.165, 1.54) is 4.21 Å². The SMILES string of the molecule is Cc1nc(-c2cccnc2)sc1-c1nc2c(s1)SCC/C2=N\OC(C)C. The van der Waals surface area contributed by atoms with Crippen LogP contribution in [0.3, 0.4) is 0 Å². The zero-order valence-electron chi connectivity index (χ0n) is 14.7. The zero-order valence-corrected chi connectivity index (χ0v) is 17.2. The minimum atomic E-state index is 0.0735. The van der Waals surface area contributed by atoms with Crippen molar-refractivity contribution in [1.29, 1.82) is 0 Å². The molecular formula is C18H18N4OS3. The van der Waals surface area contributed by atoms with Crippen molar-refractivity contribution in [2.24, 2.45) is 5.16 Å². The van der Waals surface area contributed by atoms with Gasteiger partial charge in [0.1, 0.15) is 27.5 Å². The van der Waals surface area contributed by atoms with E-state index < -0.39 is 0 Å². The molecule has 0 fully saturated rings. The Labute approximate surface area is 164 Å². The number of thioether (sulfide) groups is 1. The molecule has 0 N–H and O–H groups in total. The molecule has 0 unspecified atom stereocenters. The van der Waals surface area contributed by atoms with Crippen LogP contribution in [0, 0.1) is 6.92 Å². The topological polar surface area (TPSA) is 60.3 Å². The summed E-state index contributed by atoms with van der Waals surface area (Å²) in [7, 11) is 0. The summed E-state index contributed by atoms with van der Waals surface area (Å²) in [6.07, 6.45) is 4.58. The number of fused-ring (bicyclic) bond motifs is 1. The minimum Gasteiger partial charge on any atom is -0.393 e. The quantitative estimate of drug-likeness (QED) is 0.557. The molecular weight excluding hydrogens is 384 g/mol. The number of rotatable bonds is 4. The minimum absolute atomic E-state index is 0.0735. The average molecular weight is 403 g/mol. The fourth-order valence-electron chi connectivity index (χ4n) is 2.51. The molecule has 3 aromatic rings. The molecule has 4 heterocycles. The van der Waals surface area contributed by atoms with Gasteiger partial charge in [0, 0.05) is 30.1 Å². The second kappa shape index (κ2) is 7.46. The Kier molecular flexibility index (Phi) is 5.06. The number of pyridine rings is 1. The molecule has 4 rings (SSSR count). The maximum atomic E-state index is 5.47. The van der Waals surface area contributed by atoms with Gasteiger partial charge >= 0.3 is 0 Å². The van der Waals surface area contributed by atoms with Gasteiger partial charge in [0.05, 0.1) is 14.8 Å². The van der Waals surface area contributed by atoms with Crippen LogP contribution in [0.1, 0.15) is 31.7 Å². The normalized spacial score (nSPS) is 15.5. The summed E-state index contributed by atoms with van der Waals surface area (Å²) in [4.78, 5) is 20.4. The van der Waals surface area contributed by atoms with Gasteiger partial charge in [-0.25, -0.2) is 9.97 Å². The second-order valence-corrected chi connectivity index (χ2v) is 9.48. The van der Waals surface area contributed by atoms with Crippen molar-refractivity contribution in [2.45, 2.75) is 37.5 Å².